The fraction of sp³-hybridized carbons (Fsp3) is 0.500. The molecule has 1 aliphatic heterocycles. The summed E-state index contributed by atoms with van der Waals surface area (Å²) in [5.41, 5.74) is 1.60. The van der Waals surface area contributed by atoms with E-state index in [0.29, 0.717) is 17.6 Å². The molecule has 4 heteroatoms. The lowest BCUT2D eigenvalue weighted by atomic mass is 10.1. The monoisotopic (exact) mass is 245 g/mol. The summed E-state index contributed by atoms with van der Waals surface area (Å²) in [5.74, 6) is 0. The van der Waals surface area contributed by atoms with E-state index in [-0.39, 0.29) is 0 Å². The number of hydrogen-bond acceptors (Lipinski definition) is 4. The smallest absolute Gasteiger partial charge is 0.101 e. The van der Waals surface area contributed by atoms with E-state index in [1.807, 2.05) is 24.3 Å². The zero-order valence-corrected chi connectivity index (χ0v) is 10.6. The second kappa shape index (κ2) is 6.39. The number of rotatable bonds is 4. The summed E-state index contributed by atoms with van der Waals surface area (Å²) in [5, 5.41) is 15.9. The first-order valence-corrected chi connectivity index (χ1v) is 6.36. The van der Waals surface area contributed by atoms with Crippen LogP contribution in [0.1, 0.15) is 18.9 Å². The van der Waals surface area contributed by atoms with Crippen LogP contribution in [0.15, 0.2) is 24.3 Å². The van der Waals surface area contributed by atoms with Gasteiger partial charge in [-0.1, -0.05) is 12.1 Å². The first kappa shape index (κ1) is 12.9. The van der Waals surface area contributed by atoms with Crippen molar-refractivity contribution >= 4 is 5.69 Å². The molecule has 0 amide bonds. The summed E-state index contributed by atoms with van der Waals surface area (Å²) in [4.78, 5) is 0. The summed E-state index contributed by atoms with van der Waals surface area (Å²) >= 11 is 0. The molecule has 1 aromatic carbocycles. The van der Waals surface area contributed by atoms with Gasteiger partial charge in [0, 0.05) is 18.6 Å². The third-order valence-electron chi connectivity index (χ3n) is 3.09. The van der Waals surface area contributed by atoms with Crippen LogP contribution in [0.25, 0.3) is 0 Å². The van der Waals surface area contributed by atoms with Crippen LogP contribution in [-0.4, -0.2) is 31.8 Å². The van der Waals surface area contributed by atoms with Crippen molar-refractivity contribution in [3.05, 3.63) is 29.8 Å². The topological polar surface area (TPSA) is 57.1 Å². The SMILES string of the molecule is CC(CC1COCCN1)Nc1ccccc1C#N. The number of ether oxygens (including phenoxy) is 1. The van der Waals surface area contributed by atoms with Gasteiger partial charge < -0.3 is 15.4 Å². The Morgan fingerprint density at radius 3 is 3.11 bits per heavy atom. The third kappa shape index (κ3) is 3.46. The Morgan fingerprint density at radius 2 is 2.39 bits per heavy atom. The molecule has 1 saturated heterocycles. The number of para-hydroxylation sites is 1. The molecular weight excluding hydrogens is 226 g/mol. The molecule has 2 rings (SSSR count). The second-order valence-electron chi connectivity index (χ2n) is 4.66. The van der Waals surface area contributed by atoms with Gasteiger partial charge in [-0.15, -0.1) is 0 Å². The molecule has 0 radical (unpaired) electrons. The predicted octanol–water partition coefficient (Wildman–Crippen LogP) is 1.74. The van der Waals surface area contributed by atoms with Gasteiger partial charge in [-0.25, -0.2) is 0 Å². The van der Waals surface area contributed by atoms with Gasteiger partial charge in [0.25, 0.3) is 0 Å². The molecule has 0 spiro atoms. The molecule has 2 unspecified atom stereocenters. The van der Waals surface area contributed by atoms with Gasteiger partial charge in [-0.2, -0.15) is 5.26 Å². The van der Waals surface area contributed by atoms with Crippen molar-refractivity contribution in [2.24, 2.45) is 0 Å². The average Bonchev–Trinajstić information content (AvgIpc) is 2.40. The van der Waals surface area contributed by atoms with Crippen molar-refractivity contribution in [1.29, 1.82) is 5.26 Å². The van der Waals surface area contributed by atoms with Crippen LogP contribution in [0.3, 0.4) is 0 Å². The lowest BCUT2D eigenvalue weighted by Gasteiger charge is -2.27. The summed E-state index contributed by atoms with van der Waals surface area (Å²) in [7, 11) is 0. The Labute approximate surface area is 108 Å². The fourth-order valence-corrected chi connectivity index (χ4v) is 2.23. The van der Waals surface area contributed by atoms with Gasteiger partial charge in [-0.05, 0) is 25.5 Å². The molecule has 0 aliphatic carbocycles. The molecule has 0 aromatic heterocycles. The van der Waals surface area contributed by atoms with E-state index >= 15 is 0 Å². The normalized spacial score (nSPS) is 21.0. The number of benzene rings is 1. The Bertz CT molecular complexity index is 421. The van der Waals surface area contributed by atoms with Crippen molar-refractivity contribution < 1.29 is 4.74 Å². The highest BCUT2D eigenvalue weighted by molar-refractivity contribution is 5.57. The lowest BCUT2D eigenvalue weighted by Crippen LogP contribution is -2.43. The summed E-state index contributed by atoms with van der Waals surface area (Å²) in [6.45, 7) is 4.62. The molecule has 0 bridgehead atoms. The Hall–Kier alpha value is -1.57. The maximum atomic E-state index is 9.03. The van der Waals surface area contributed by atoms with Crippen LogP contribution in [0.5, 0.6) is 0 Å². The zero-order valence-electron chi connectivity index (χ0n) is 10.6. The zero-order chi connectivity index (χ0) is 12.8. The van der Waals surface area contributed by atoms with Gasteiger partial charge >= 0.3 is 0 Å². The third-order valence-corrected chi connectivity index (χ3v) is 3.09. The molecule has 1 aromatic rings. The quantitative estimate of drug-likeness (QED) is 0.848. The van der Waals surface area contributed by atoms with Gasteiger partial charge in [0.05, 0.1) is 24.5 Å². The fourth-order valence-electron chi connectivity index (χ4n) is 2.23. The second-order valence-corrected chi connectivity index (χ2v) is 4.66. The Morgan fingerprint density at radius 1 is 1.56 bits per heavy atom. The van der Waals surface area contributed by atoms with Gasteiger partial charge in [0.15, 0.2) is 0 Å². The highest BCUT2D eigenvalue weighted by atomic mass is 16.5. The minimum absolute atomic E-state index is 0.304. The van der Waals surface area contributed by atoms with Crippen LogP contribution in [0.2, 0.25) is 0 Å². The number of nitrogens with one attached hydrogen (secondary N) is 2. The molecule has 1 aliphatic rings. The van der Waals surface area contributed by atoms with Crippen molar-refractivity contribution in [1.82, 2.24) is 5.32 Å². The van der Waals surface area contributed by atoms with E-state index in [0.717, 1.165) is 31.9 Å². The van der Waals surface area contributed by atoms with Crippen molar-refractivity contribution in [2.45, 2.75) is 25.4 Å². The van der Waals surface area contributed by atoms with Gasteiger partial charge in [0.1, 0.15) is 6.07 Å². The van der Waals surface area contributed by atoms with Crippen LogP contribution in [-0.2, 0) is 4.74 Å². The van der Waals surface area contributed by atoms with Crippen LogP contribution >= 0.6 is 0 Å². The number of anilines is 1. The van der Waals surface area contributed by atoms with E-state index in [2.05, 4.69) is 23.6 Å². The Kier molecular flexibility index (Phi) is 4.57. The summed E-state index contributed by atoms with van der Waals surface area (Å²) in [6.07, 6.45) is 0.986. The van der Waals surface area contributed by atoms with Gasteiger partial charge in [-0.3, -0.25) is 0 Å². The largest absolute Gasteiger partial charge is 0.381 e. The molecule has 1 fully saturated rings. The van der Waals surface area contributed by atoms with Crippen LogP contribution < -0.4 is 10.6 Å². The average molecular weight is 245 g/mol. The summed E-state index contributed by atoms with van der Waals surface area (Å²) < 4.78 is 5.44. The lowest BCUT2D eigenvalue weighted by molar-refractivity contribution is 0.0731. The van der Waals surface area contributed by atoms with Crippen molar-refractivity contribution in [3.63, 3.8) is 0 Å². The first-order valence-electron chi connectivity index (χ1n) is 6.36. The standard InChI is InChI=1S/C14H19N3O/c1-11(8-13-10-18-7-6-16-13)17-14-5-3-2-4-12(14)9-15/h2-5,11,13,16-17H,6-8,10H2,1H3. The summed E-state index contributed by atoms with van der Waals surface area (Å²) in [6, 6.07) is 10.5. The molecule has 2 N–H and O–H groups in total. The van der Waals surface area contributed by atoms with Crippen LogP contribution in [0, 0.1) is 11.3 Å². The molecule has 2 atom stereocenters. The molecule has 1 heterocycles. The minimum atomic E-state index is 0.304. The van der Waals surface area contributed by atoms with E-state index in [1.54, 1.807) is 0 Å². The number of nitrogens with zero attached hydrogens (tertiary/aromatic N) is 1. The maximum absolute atomic E-state index is 9.03. The van der Waals surface area contributed by atoms with E-state index in [1.165, 1.54) is 0 Å². The van der Waals surface area contributed by atoms with Gasteiger partial charge in [0.2, 0.25) is 0 Å². The predicted molar refractivity (Wildman–Crippen MR) is 71.5 cm³/mol. The number of morpholine rings is 1. The first-order chi connectivity index (χ1) is 8.79. The minimum Gasteiger partial charge on any atom is -0.381 e. The number of hydrogen-bond donors (Lipinski definition) is 2. The highest BCUT2D eigenvalue weighted by Crippen LogP contribution is 2.16. The highest BCUT2D eigenvalue weighted by Gasteiger charge is 2.16. The van der Waals surface area contributed by atoms with Crippen molar-refractivity contribution in [3.8, 4) is 6.07 Å². The van der Waals surface area contributed by atoms with E-state index < -0.39 is 0 Å². The van der Waals surface area contributed by atoms with E-state index in [9.17, 15) is 0 Å². The molecule has 18 heavy (non-hydrogen) atoms. The van der Waals surface area contributed by atoms with E-state index in [4.69, 9.17) is 10.00 Å². The maximum Gasteiger partial charge on any atom is 0.101 e. The Balaban J connectivity index is 1.90. The molecule has 0 saturated carbocycles. The van der Waals surface area contributed by atoms with Crippen molar-refractivity contribution in [2.75, 3.05) is 25.1 Å². The number of nitriles is 1. The van der Waals surface area contributed by atoms with Crippen LogP contribution in [0.4, 0.5) is 5.69 Å². The molecule has 96 valence electrons. The molecular formula is C14H19N3O. The molecule has 4 nitrogen and oxygen atoms in total.